The highest BCUT2D eigenvalue weighted by atomic mass is 16.5. The summed E-state index contributed by atoms with van der Waals surface area (Å²) in [5, 5.41) is 4.09. The molecule has 2 heterocycles. The van der Waals surface area contributed by atoms with Gasteiger partial charge in [0.25, 0.3) is 0 Å². The molecular formula is C21H21N3O3. The van der Waals surface area contributed by atoms with E-state index in [1.807, 2.05) is 41.3 Å². The van der Waals surface area contributed by atoms with Gasteiger partial charge in [-0.2, -0.15) is 4.98 Å². The van der Waals surface area contributed by atoms with Crippen molar-refractivity contribution in [1.29, 1.82) is 0 Å². The molecule has 6 heteroatoms. The molecule has 1 amide bonds. The lowest BCUT2D eigenvalue weighted by Crippen LogP contribution is -2.24. The zero-order valence-corrected chi connectivity index (χ0v) is 15.4. The molecule has 3 aromatic rings. The van der Waals surface area contributed by atoms with Crippen LogP contribution in [0.4, 0.5) is 0 Å². The molecule has 0 bridgehead atoms. The highest BCUT2D eigenvalue weighted by Gasteiger charge is 2.34. The summed E-state index contributed by atoms with van der Waals surface area (Å²) in [6, 6.07) is 15.7. The fourth-order valence-electron chi connectivity index (χ4n) is 3.46. The number of hydrogen-bond donors (Lipinski definition) is 0. The molecule has 27 heavy (non-hydrogen) atoms. The fraction of sp³-hybridized carbons (Fsp3) is 0.286. The third kappa shape index (κ3) is 3.56. The van der Waals surface area contributed by atoms with Gasteiger partial charge in [-0.05, 0) is 24.6 Å². The minimum Gasteiger partial charge on any atom is -0.496 e. The van der Waals surface area contributed by atoms with Crippen LogP contribution in [0.2, 0.25) is 0 Å². The normalized spacial score (nSPS) is 16.7. The molecular weight excluding hydrogens is 342 g/mol. The first-order valence-corrected chi connectivity index (χ1v) is 8.94. The van der Waals surface area contributed by atoms with Crippen LogP contribution < -0.4 is 4.74 Å². The lowest BCUT2D eigenvalue weighted by atomic mass is 10.1. The molecule has 0 aliphatic carbocycles. The third-order valence-corrected chi connectivity index (χ3v) is 4.81. The number of carbonyl (C=O) groups is 1. The Balaban J connectivity index is 1.50. The van der Waals surface area contributed by atoms with Crippen molar-refractivity contribution in [1.82, 2.24) is 15.0 Å². The van der Waals surface area contributed by atoms with E-state index in [9.17, 15) is 4.79 Å². The first kappa shape index (κ1) is 17.3. The summed E-state index contributed by atoms with van der Waals surface area (Å²) in [7, 11) is 1.61. The van der Waals surface area contributed by atoms with Gasteiger partial charge in [-0.15, -0.1) is 0 Å². The van der Waals surface area contributed by atoms with Crippen molar-refractivity contribution in [3.63, 3.8) is 0 Å². The first-order valence-electron chi connectivity index (χ1n) is 8.94. The van der Waals surface area contributed by atoms with E-state index in [4.69, 9.17) is 9.26 Å². The summed E-state index contributed by atoms with van der Waals surface area (Å²) in [6.45, 7) is 3.24. The van der Waals surface area contributed by atoms with Gasteiger partial charge in [-0.1, -0.05) is 47.1 Å². The number of aryl methyl sites for hydroxylation is 1. The van der Waals surface area contributed by atoms with E-state index in [0.717, 1.165) is 11.1 Å². The average molecular weight is 363 g/mol. The molecule has 1 saturated heterocycles. The number of methoxy groups -OCH3 is 1. The Morgan fingerprint density at radius 1 is 1.22 bits per heavy atom. The SMILES string of the molecule is COc1ccccc1-c1noc(C2CC(=O)N(Cc3cccc(C)c3)C2)n1. The smallest absolute Gasteiger partial charge is 0.232 e. The van der Waals surface area contributed by atoms with Crippen molar-refractivity contribution >= 4 is 5.91 Å². The number of carbonyl (C=O) groups excluding carboxylic acids is 1. The van der Waals surface area contributed by atoms with Crippen molar-refractivity contribution in [3.8, 4) is 17.1 Å². The molecule has 1 aliphatic heterocycles. The molecule has 1 aromatic heterocycles. The lowest BCUT2D eigenvalue weighted by molar-refractivity contribution is -0.128. The molecule has 0 N–H and O–H groups in total. The van der Waals surface area contributed by atoms with Crippen LogP contribution in [-0.4, -0.2) is 34.6 Å². The molecule has 6 nitrogen and oxygen atoms in total. The highest BCUT2D eigenvalue weighted by Crippen LogP contribution is 2.32. The maximum atomic E-state index is 12.4. The molecule has 1 atom stereocenters. The maximum absolute atomic E-state index is 12.4. The maximum Gasteiger partial charge on any atom is 0.232 e. The molecule has 138 valence electrons. The van der Waals surface area contributed by atoms with Gasteiger partial charge < -0.3 is 14.2 Å². The number of para-hydroxylation sites is 1. The van der Waals surface area contributed by atoms with Crippen molar-refractivity contribution in [3.05, 3.63) is 65.5 Å². The fourth-order valence-corrected chi connectivity index (χ4v) is 3.46. The van der Waals surface area contributed by atoms with Crippen LogP contribution in [0.1, 0.15) is 29.4 Å². The molecule has 0 radical (unpaired) electrons. The van der Waals surface area contributed by atoms with E-state index < -0.39 is 0 Å². The Hall–Kier alpha value is -3.15. The largest absolute Gasteiger partial charge is 0.496 e. The van der Waals surface area contributed by atoms with Crippen molar-refractivity contribution < 1.29 is 14.1 Å². The van der Waals surface area contributed by atoms with Gasteiger partial charge >= 0.3 is 0 Å². The summed E-state index contributed by atoms with van der Waals surface area (Å²) in [6.07, 6.45) is 0.388. The monoisotopic (exact) mass is 363 g/mol. The second kappa shape index (κ2) is 7.23. The van der Waals surface area contributed by atoms with Crippen LogP contribution in [0.3, 0.4) is 0 Å². The zero-order valence-electron chi connectivity index (χ0n) is 15.4. The van der Waals surface area contributed by atoms with Crippen LogP contribution in [-0.2, 0) is 11.3 Å². The summed E-state index contributed by atoms with van der Waals surface area (Å²) < 4.78 is 10.8. The minimum atomic E-state index is -0.0849. The van der Waals surface area contributed by atoms with Gasteiger partial charge in [0.1, 0.15) is 5.75 Å². The molecule has 0 spiro atoms. The Bertz CT molecular complexity index is 967. The topological polar surface area (TPSA) is 68.5 Å². The Kier molecular flexibility index (Phi) is 4.62. The molecule has 4 rings (SSSR count). The van der Waals surface area contributed by atoms with Crippen molar-refractivity contribution in [2.45, 2.75) is 25.8 Å². The molecule has 0 saturated carbocycles. The van der Waals surface area contributed by atoms with Gasteiger partial charge in [0, 0.05) is 19.5 Å². The van der Waals surface area contributed by atoms with Crippen LogP contribution in [0.15, 0.2) is 53.1 Å². The average Bonchev–Trinajstić information content (AvgIpc) is 3.29. The van der Waals surface area contributed by atoms with Crippen molar-refractivity contribution in [2.24, 2.45) is 0 Å². The Labute approximate surface area is 157 Å². The lowest BCUT2D eigenvalue weighted by Gasteiger charge is -2.16. The molecule has 1 unspecified atom stereocenters. The second-order valence-electron chi connectivity index (χ2n) is 6.82. The van der Waals surface area contributed by atoms with E-state index >= 15 is 0 Å². The van der Waals surface area contributed by atoms with E-state index in [0.29, 0.717) is 37.0 Å². The van der Waals surface area contributed by atoms with Gasteiger partial charge in [0.15, 0.2) is 0 Å². The van der Waals surface area contributed by atoms with Gasteiger partial charge in [0.05, 0.1) is 18.6 Å². The number of likely N-dealkylation sites (tertiary alicyclic amines) is 1. The Morgan fingerprint density at radius 2 is 2.07 bits per heavy atom. The summed E-state index contributed by atoms with van der Waals surface area (Å²) >= 11 is 0. The molecule has 2 aromatic carbocycles. The van der Waals surface area contributed by atoms with Crippen molar-refractivity contribution in [2.75, 3.05) is 13.7 Å². The summed E-state index contributed by atoms with van der Waals surface area (Å²) in [4.78, 5) is 18.8. The second-order valence-corrected chi connectivity index (χ2v) is 6.82. The predicted octanol–water partition coefficient (Wildman–Crippen LogP) is 3.57. The quantitative estimate of drug-likeness (QED) is 0.693. The number of aromatic nitrogens is 2. The van der Waals surface area contributed by atoms with Gasteiger partial charge in [-0.3, -0.25) is 4.79 Å². The van der Waals surface area contributed by atoms with Crippen LogP contribution in [0.5, 0.6) is 5.75 Å². The summed E-state index contributed by atoms with van der Waals surface area (Å²) in [5.41, 5.74) is 3.09. The zero-order chi connectivity index (χ0) is 18.8. The van der Waals surface area contributed by atoms with Crippen LogP contribution >= 0.6 is 0 Å². The van der Waals surface area contributed by atoms with E-state index in [-0.39, 0.29) is 11.8 Å². The minimum absolute atomic E-state index is 0.0849. The number of hydrogen-bond acceptors (Lipinski definition) is 5. The standard InChI is InChI=1S/C21H21N3O3/c1-14-6-5-7-15(10-14)12-24-13-16(11-19(24)25)21-22-20(23-27-21)17-8-3-4-9-18(17)26-2/h3-10,16H,11-13H2,1-2H3. The van der Waals surface area contributed by atoms with Crippen LogP contribution in [0, 0.1) is 6.92 Å². The predicted molar refractivity (Wildman–Crippen MR) is 100 cm³/mol. The highest BCUT2D eigenvalue weighted by molar-refractivity contribution is 5.79. The van der Waals surface area contributed by atoms with Gasteiger partial charge in [0.2, 0.25) is 17.6 Å². The summed E-state index contributed by atoms with van der Waals surface area (Å²) in [5.74, 6) is 1.69. The van der Waals surface area contributed by atoms with E-state index in [1.54, 1.807) is 7.11 Å². The van der Waals surface area contributed by atoms with Gasteiger partial charge in [-0.25, -0.2) is 0 Å². The Morgan fingerprint density at radius 3 is 2.89 bits per heavy atom. The number of ether oxygens (including phenoxy) is 1. The molecule has 1 fully saturated rings. The number of benzene rings is 2. The van der Waals surface area contributed by atoms with Crippen LogP contribution in [0.25, 0.3) is 11.4 Å². The molecule has 1 aliphatic rings. The number of nitrogens with zero attached hydrogens (tertiary/aromatic N) is 3. The number of rotatable bonds is 5. The third-order valence-electron chi connectivity index (χ3n) is 4.81. The number of amides is 1. The van der Waals surface area contributed by atoms with E-state index in [1.165, 1.54) is 5.56 Å². The first-order chi connectivity index (χ1) is 13.1. The van der Waals surface area contributed by atoms with E-state index in [2.05, 4.69) is 29.2 Å².